The van der Waals surface area contributed by atoms with Crippen molar-refractivity contribution in [2.24, 2.45) is 11.3 Å². The molecule has 0 aromatic carbocycles. The maximum Gasteiger partial charge on any atom is 0.340 e. The van der Waals surface area contributed by atoms with E-state index in [1.807, 2.05) is 0 Å². The summed E-state index contributed by atoms with van der Waals surface area (Å²) in [6.45, 7) is 9.45. The van der Waals surface area contributed by atoms with Crippen molar-refractivity contribution < 1.29 is 9.53 Å². The van der Waals surface area contributed by atoms with E-state index in [4.69, 9.17) is 5.73 Å². The Labute approximate surface area is 114 Å². The van der Waals surface area contributed by atoms with Gasteiger partial charge in [0, 0.05) is 12.7 Å². The largest absolute Gasteiger partial charge is 0.465 e. The van der Waals surface area contributed by atoms with Crippen molar-refractivity contribution >= 4 is 17.5 Å². The number of aromatic nitrogens is 1. The van der Waals surface area contributed by atoms with Gasteiger partial charge in [-0.05, 0) is 17.4 Å². The number of hydrogen-bond donors (Lipinski definition) is 2. The van der Waals surface area contributed by atoms with E-state index in [2.05, 4.69) is 42.7 Å². The molecule has 1 unspecified atom stereocenters. The molecular weight excluding hydrogens is 242 g/mol. The van der Waals surface area contributed by atoms with E-state index in [0.29, 0.717) is 23.0 Å². The summed E-state index contributed by atoms with van der Waals surface area (Å²) in [5.41, 5.74) is 6.79. The topological polar surface area (TPSA) is 77.2 Å². The summed E-state index contributed by atoms with van der Waals surface area (Å²) < 4.78 is 4.68. The van der Waals surface area contributed by atoms with E-state index in [1.54, 1.807) is 12.3 Å². The van der Waals surface area contributed by atoms with Crippen LogP contribution in [0.3, 0.4) is 0 Å². The Kier molecular flexibility index (Phi) is 4.75. The van der Waals surface area contributed by atoms with Gasteiger partial charge in [0.05, 0.1) is 18.4 Å². The van der Waals surface area contributed by atoms with Crippen LogP contribution >= 0.6 is 0 Å². The SMILES string of the molecule is COC(=O)c1ccnc(NCC(C)C(C)(C)C)c1N. The molecule has 0 fully saturated rings. The number of rotatable bonds is 4. The minimum absolute atomic E-state index is 0.196. The molecular formula is C14H23N3O2. The van der Waals surface area contributed by atoms with Crippen LogP contribution in [0, 0.1) is 11.3 Å². The van der Waals surface area contributed by atoms with Gasteiger partial charge in [-0.3, -0.25) is 0 Å². The fraction of sp³-hybridized carbons (Fsp3) is 0.571. The number of anilines is 2. The molecule has 0 aliphatic rings. The minimum atomic E-state index is -0.452. The summed E-state index contributed by atoms with van der Waals surface area (Å²) in [7, 11) is 1.33. The van der Waals surface area contributed by atoms with Gasteiger partial charge in [0.25, 0.3) is 0 Å². The molecule has 0 bridgehead atoms. The molecule has 0 radical (unpaired) electrons. The van der Waals surface area contributed by atoms with Crippen LogP contribution in [0.2, 0.25) is 0 Å². The third-order valence-electron chi connectivity index (χ3n) is 3.45. The summed E-state index contributed by atoms with van der Waals surface area (Å²) in [5, 5.41) is 3.19. The number of pyridine rings is 1. The number of nitrogens with zero attached hydrogens (tertiary/aromatic N) is 1. The summed E-state index contributed by atoms with van der Waals surface area (Å²) in [5.74, 6) is 0.515. The molecule has 0 aliphatic carbocycles. The second-order valence-electron chi connectivity index (χ2n) is 5.76. The standard InChI is InChI=1S/C14H23N3O2/c1-9(14(2,3)4)8-17-12-11(15)10(6-7-16-12)13(18)19-5/h6-7,9H,8,15H2,1-5H3,(H,16,17). The highest BCUT2D eigenvalue weighted by molar-refractivity contribution is 5.97. The zero-order chi connectivity index (χ0) is 14.6. The molecule has 106 valence electrons. The fourth-order valence-electron chi connectivity index (χ4n) is 1.46. The lowest BCUT2D eigenvalue weighted by Crippen LogP contribution is -2.25. The molecule has 5 heteroatoms. The first-order valence-corrected chi connectivity index (χ1v) is 6.34. The average molecular weight is 265 g/mol. The average Bonchev–Trinajstić information content (AvgIpc) is 2.35. The first kappa shape index (κ1) is 15.3. The third-order valence-corrected chi connectivity index (χ3v) is 3.45. The molecule has 1 aromatic heterocycles. The van der Waals surface area contributed by atoms with Crippen molar-refractivity contribution in [2.75, 3.05) is 24.7 Å². The molecule has 0 saturated carbocycles. The monoisotopic (exact) mass is 265 g/mol. The second-order valence-corrected chi connectivity index (χ2v) is 5.76. The normalized spacial score (nSPS) is 12.9. The highest BCUT2D eigenvalue weighted by Gasteiger charge is 2.20. The number of esters is 1. The molecule has 0 spiro atoms. The van der Waals surface area contributed by atoms with E-state index in [1.165, 1.54) is 7.11 Å². The van der Waals surface area contributed by atoms with Crippen LogP contribution in [0.25, 0.3) is 0 Å². The number of ether oxygens (including phenoxy) is 1. The van der Waals surface area contributed by atoms with Gasteiger partial charge in [-0.2, -0.15) is 0 Å². The predicted octanol–water partition coefficient (Wildman–Crippen LogP) is 2.54. The maximum absolute atomic E-state index is 11.5. The van der Waals surface area contributed by atoms with Crippen LogP contribution in [-0.4, -0.2) is 24.6 Å². The molecule has 5 nitrogen and oxygen atoms in total. The number of carbonyl (C=O) groups is 1. The first-order chi connectivity index (χ1) is 8.77. The molecule has 3 N–H and O–H groups in total. The Bertz CT molecular complexity index is 452. The number of hydrogen-bond acceptors (Lipinski definition) is 5. The van der Waals surface area contributed by atoms with E-state index in [-0.39, 0.29) is 5.41 Å². The molecule has 0 saturated heterocycles. The third kappa shape index (κ3) is 3.84. The fourth-order valence-corrected chi connectivity index (χ4v) is 1.46. The number of methoxy groups -OCH3 is 1. The van der Waals surface area contributed by atoms with E-state index < -0.39 is 5.97 Å². The Balaban J connectivity index is 2.83. The number of nitrogen functional groups attached to an aromatic ring is 1. The molecule has 1 heterocycles. The minimum Gasteiger partial charge on any atom is -0.465 e. The molecule has 0 amide bonds. The van der Waals surface area contributed by atoms with Gasteiger partial charge >= 0.3 is 5.97 Å². The summed E-state index contributed by atoms with van der Waals surface area (Å²) >= 11 is 0. The van der Waals surface area contributed by atoms with Crippen molar-refractivity contribution in [3.63, 3.8) is 0 Å². The van der Waals surface area contributed by atoms with Crippen molar-refractivity contribution in [2.45, 2.75) is 27.7 Å². The molecule has 1 rings (SSSR count). The highest BCUT2D eigenvalue weighted by Crippen LogP contribution is 2.27. The number of nitrogens with two attached hydrogens (primary N) is 1. The molecule has 0 aliphatic heterocycles. The van der Waals surface area contributed by atoms with Crippen molar-refractivity contribution in [3.8, 4) is 0 Å². The lowest BCUT2D eigenvalue weighted by atomic mass is 9.82. The lowest BCUT2D eigenvalue weighted by Gasteiger charge is -2.27. The van der Waals surface area contributed by atoms with Crippen LogP contribution in [0.1, 0.15) is 38.1 Å². The molecule has 1 atom stereocenters. The quantitative estimate of drug-likeness (QED) is 0.818. The van der Waals surface area contributed by atoms with Crippen LogP contribution in [0.5, 0.6) is 0 Å². The maximum atomic E-state index is 11.5. The Morgan fingerprint density at radius 2 is 2.16 bits per heavy atom. The zero-order valence-electron chi connectivity index (χ0n) is 12.3. The van der Waals surface area contributed by atoms with Crippen molar-refractivity contribution in [1.29, 1.82) is 0 Å². The first-order valence-electron chi connectivity index (χ1n) is 6.34. The Morgan fingerprint density at radius 3 is 2.68 bits per heavy atom. The van der Waals surface area contributed by atoms with Gasteiger partial charge in [-0.15, -0.1) is 0 Å². The summed E-state index contributed by atoms with van der Waals surface area (Å²) in [6, 6.07) is 1.56. The lowest BCUT2D eigenvalue weighted by molar-refractivity contribution is 0.0602. The van der Waals surface area contributed by atoms with Gasteiger partial charge in [0.1, 0.15) is 5.82 Å². The summed E-state index contributed by atoms with van der Waals surface area (Å²) in [4.78, 5) is 15.7. The number of carbonyl (C=O) groups excluding carboxylic acids is 1. The molecule has 19 heavy (non-hydrogen) atoms. The Morgan fingerprint density at radius 1 is 1.53 bits per heavy atom. The van der Waals surface area contributed by atoms with E-state index >= 15 is 0 Å². The van der Waals surface area contributed by atoms with Crippen LogP contribution < -0.4 is 11.1 Å². The van der Waals surface area contributed by atoms with Gasteiger partial charge in [0.15, 0.2) is 0 Å². The molecule has 1 aromatic rings. The zero-order valence-corrected chi connectivity index (χ0v) is 12.3. The van der Waals surface area contributed by atoms with E-state index in [0.717, 1.165) is 6.54 Å². The van der Waals surface area contributed by atoms with Crippen LogP contribution in [-0.2, 0) is 4.74 Å². The van der Waals surface area contributed by atoms with Crippen LogP contribution in [0.4, 0.5) is 11.5 Å². The van der Waals surface area contributed by atoms with Gasteiger partial charge in [0.2, 0.25) is 0 Å². The Hall–Kier alpha value is -1.78. The van der Waals surface area contributed by atoms with Crippen molar-refractivity contribution in [3.05, 3.63) is 17.8 Å². The smallest absolute Gasteiger partial charge is 0.340 e. The predicted molar refractivity (Wildman–Crippen MR) is 77.1 cm³/mol. The van der Waals surface area contributed by atoms with Gasteiger partial charge in [-0.25, -0.2) is 9.78 Å². The summed E-state index contributed by atoms with van der Waals surface area (Å²) in [6.07, 6.45) is 1.55. The van der Waals surface area contributed by atoms with Crippen molar-refractivity contribution in [1.82, 2.24) is 4.98 Å². The highest BCUT2D eigenvalue weighted by atomic mass is 16.5. The van der Waals surface area contributed by atoms with Gasteiger partial charge < -0.3 is 15.8 Å². The second kappa shape index (κ2) is 5.91. The number of nitrogens with one attached hydrogen (secondary N) is 1. The van der Waals surface area contributed by atoms with Crippen LogP contribution in [0.15, 0.2) is 12.3 Å². The van der Waals surface area contributed by atoms with Gasteiger partial charge in [-0.1, -0.05) is 27.7 Å². The van der Waals surface area contributed by atoms with E-state index in [9.17, 15) is 4.79 Å².